The molecule has 0 spiro atoms. The van der Waals surface area contributed by atoms with Crippen molar-refractivity contribution in [1.82, 2.24) is 4.90 Å². The van der Waals surface area contributed by atoms with Crippen molar-refractivity contribution in [2.75, 3.05) is 19.7 Å². The van der Waals surface area contributed by atoms with Crippen molar-refractivity contribution in [1.29, 1.82) is 0 Å². The lowest BCUT2D eigenvalue weighted by atomic mass is 9.97. The van der Waals surface area contributed by atoms with Crippen LogP contribution in [0.4, 0.5) is 4.39 Å². The summed E-state index contributed by atoms with van der Waals surface area (Å²) in [6, 6.07) is 2.92. The molecule has 0 saturated carbocycles. The fourth-order valence-corrected chi connectivity index (χ4v) is 2.93. The van der Waals surface area contributed by atoms with Crippen LogP contribution >= 0.6 is 15.9 Å². The Hall–Kier alpha value is -0.940. The lowest BCUT2D eigenvalue weighted by molar-refractivity contribution is 0.0649. The molecule has 1 saturated heterocycles. The minimum Gasteiger partial charge on any atom is -0.396 e. The Labute approximate surface area is 120 Å². The number of carbonyl (C=O) groups excluding carboxylic acids is 1. The number of piperidine rings is 1. The summed E-state index contributed by atoms with van der Waals surface area (Å²) in [5.74, 6) is -0.235. The highest BCUT2D eigenvalue weighted by atomic mass is 79.9. The summed E-state index contributed by atoms with van der Waals surface area (Å²) in [6.45, 7) is 3.07. The van der Waals surface area contributed by atoms with Crippen molar-refractivity contribution in [2.45, 2.75) is 19.8 Å². The maximum absolute atomic E-state index is 13.6. The molecular formula is C14H17BrFNO2. The zero-order valence-electron chi connectivity index (χ0n) is 10.8. The van der Waals surface area contributed by atoms with E-state index in [1.807, 2.05) is 0 Å². The highest BCUT2D eigenvalue weighted by molar-refractivity contribution is 9.10. The van der Waals surface area contributed by atoms with Crippen LogP contribution in [0, 0.1) is 18.7 Å². The normalized spacial score (nSPS) is 16.7. The van der Waals surface area contributed by atoms with Gasteiger partial charge in [0.1, 0.15) is 5.82 Å². The summed E-state index contributed by atoms with van der Waals surface area (Å²) in [7, 11) is 0. The second-order valence-corrected chi connectivity index (χ2v) is 5.85. The van der Waals surface area contributed by atoms with Gasteiger partial charge >= 0.3 is 0 Å². The summed E-state index contributed by atoms with van der Waals surface area (Å²) in [5, 5.41) is 9.08. The Morgan fingerprint density at radius 1 is 1.47 bits per heavy atom. The first-order chi connectivity index (χ1) is 9.02. The number of aryl methyl sites for hydroxylation is 1. The van der Waals surface area contributed by atoms with Gasteiger partial charge in [-0.1, -0.05) is 0 Å². The van der Waals surface area contributed by atoms with Crippen LogP contribution in [-0.2, 0) is 0 Å². The number of carbonyl (C=O) groups is 1. The molecule has 3 nitrogen and oxygen atoms in total. The average Bonchev–Trinajstić information content (AvgIpc) is 2.42. The lowest BCUT2D eigenvalue weighted by Crippen LogP contribution is -2.39. The van der Waals surface area contributed by atoms with E-state index in [0.29, 0.717) is 28.7 Å². The monoisotopic (exact) mass is 329 g/mol. The number of benzene rings is 1. The van der Waals surface area contributed by atoms with E-state index in [2.05, 4.69) is 15.9 Å². The first-order valence-electron chi connectivity index (χ1n) is 6.38. The molecule has 1 aliphatic rings. The quantitative estimate of drug-likeness (QED) is 0.906. The van der Waals surface area contributed by atoms with Crippen molar-refractivity contribution >= 4 is 21.8 Å². The molecule has 1 fully saturated rings. The van der Waals surface area contributed by atoms with Crippen LogP contribution in [0.3, 0.4) is 0 Å². The molecule has 0 bridgehead atoms. The number of halogens is 2. The second-order valence-electron chi connectivity index (χ2n) is 5.00. The Balaban J connectivity index is 2.14. The van der Waals surface area contributed by atoms with E-state index in [1.54, 1.807) is 17.9 Å². The highest BCUT2D eigenvalue weighted by Crippen LogP contribution is 2.25. The van der Waals surface area contributed by atoms with Crippen molar-refractivity contribution in [3.8, 4) is 0 Å². The molecule has 2 rings (SSSR count). The molecule has 1 N–H and O–H groups in total. The minimum absolute atomic E-state index is 0.151. The molecule has 104 valence electrons. The molecule has 5 heteroatoms. The van der Waals surface area contributed by atoms with Gasteiger partial charge in [0.05, 0.1) is 5.56 Å². The summed E-state index contributed by atoms with van der Waals surface area (Å²) in [5.41, 5.74) is 0.882. The minimum atomic E-state index is -0.364. The molecule has 1 aromatic rings. The van der Waals surface area contributed by atoms with Crippen molar-refractivity contribution < 1.29 is 14.3 Å². The van der Waals surface area contributed by atoms with Crippen LogP contribution in [0.25, 0.3) is 0 Å². The van der Waals surface area contributed by atoms with Gasteiger partial charge in [0, 0.05) is 24.2 Å². The molecule has 1 aliphatic heterocycles. The molecule has 1 aromatic carbocycles. The number of rotatable bonds is 2. The number of nitrogens with zero attached hydrogens (tertiary/aromatic N) is 1. The van der Waals surface area contributed by atoms with Gasteiger partial charge in [-0.15, -0.1) is 0 Å². The van der Waals surface area contributed by atoms with E-state index in [4.69, 9.17) is 5.11 Å². The number of aliphatic hydroxyl groups excluding tert-OH is 1. The van der Waals surface area contributed by atoms with E-state index >= 15 is 0 Å². The lowest BCUT2D eigenvalue weighted by Gasteiger charge is -2.31. The Bertz CT molecular complexity index is 485. The smallest absolute Gasteiger partial charge is 0.255 e. The van der Waals surface area contributed by atoms with Gasteiger partial charge in [0.25, 0.3) is 5.91 Å². The van der Waals surface area contributed by atoms with Crippen LogP contribution in [0.5, 0.6) is 0 Å². The maximum Gasteiger partial charge on any atom is 0.255 e. The van der Waals surface area contributed by atoms with Gasteiger partial charge in [0.15, 0.2) is 0 Å². The summed E-state index contributed by atoms with van der Waals surface area (Å²) in [4.78, 5) is 14.1. The molecule has 0 unspecified atom stereocenters. The largest absolute Gasteiger partial charge is 0.396 e. The Kier molecular flexibility index (Phi) is 4.58. The number of aliphatic hydroxyl groups is 1. The van der Waals surface area contributed by atoms with Crippen molar-refractivity contribution in [2.24, 2.45) is 5.92 Å². The molecular weight excluding hydrogens is 313 g/mol. The third-order valence-corrected chi connectivity index (χ3v) is 4.29. The van der Waals surface area contributed by atoms with Gasteiger partial charge in [-0.05, 0) is 59.3 Å². The van der Waals surface area contributed by atoms with E-state index in [0.717, 1.165) is 12.8 Å². The predicted octanol–water partition coefficient (Wildman–Crippen LogP) is 2.74. The molecule has 1 heterocycles. The number of hydrogen-bond donors (Lipinski definition) is 1. The van der Waals surface area contributed by atoms with E-state index in [1.165, 1.54) is 6.07 Å². The van der Waals surface area contributed by atoms with Crippen LogP contribution < -0.4 is 0 Å². The topological polar surface area (TPSA) is 40.5 Å². The van der Waals surface area contributed by atoms with Gasteiger partial charge in [-0.3, -0.25) is 4.79 Å². The third kappa shape index (κ3) is 3.15. The SMILES string of the molecule is Cc1cc(Br)c(C(=O)N2CCC(CO)CC2)cc1F. The van der Waals surface area contributed by atoms with E-state index in [9.17, 15) is 9.18 Å². The van der Waals surface area contributed by atoms with E-state index in [-0.39, 0.29) is 24.2 Å². The van der Waals surface area contributed by atoms with Crippen LogP contribution in [0.15, 0.2) is 16.6 Å². The zero-order valence-corrected chi connectivity index (χ0v) is 12.4. The molecule has 0 radical (unpaired) electrons. The fraction of sp³-hybridized carbons (Fsp3) is 0.500. The number of hydrogen-bond acceptors (Lipinski definition) is 2. The zero-order chi connectivity index (χ0) is 14.0. The molecule has 0 aromatic heterocycles. The predicted molar refractivity (Wildman–Crippen MR) is 74.6 cm³/mol. The molecule has 1 amide bonds. The first kappa shape index (κ1) is 14.5. The molecule has 0 aliphatic carbocycles. The summed E-state index contributed by atoms with van der Waals surface area (Å²) < 4.78 is 14.2. The third-order valence-electron chi connectivity index (χ3n) is 3.64. The van der Waals surface area contributed by atoms with E-state index < -0.39 is 0 Å². The van der Waals surface area contributed by atoms with Crippen LogP contribution in [0.1, 0.15) is 28.8 Å². The van der Waals surface area contributed by atoms with Crippen molar-refractivity contribution in [3.05, 3.63) is 33.5 Å². The summed E-state index contributed by atoms with van der Waals surface area (Å²) >= 11 is 3.32. The summed E-state index contributed by atoms with van der Waals surface area (Å²) in [6.07, 6.45) is 1.60. The standard InChI is InChI=1S/C14H17BrFNO2/c1-9-6-12(15)11(7-13(9)16)14(19)17-4-2-10(8-18)3-5-17/h6-7,10,18H,2-5,8H2,1H3. The first-order valence-corrected chi connectivity index (χ1v) is 7.18. The van der Waals surface area contributed by atoms with Gasteiger partial charge in [-0.25, -0.2) is 4.39 Å². The average molecular weight is 330 g/mol. The van der Waals surface area contributed by atoms with Gasteiger partial charge in [0.2, 0.25) is 0 Å². The second kappa shape index (κ2) is 6.01. The van der Waals surface area contributed by atoms with Crippen molar-refractivity contribution in [3.63, 3.8) is 0 Å². The van der Waals surface area contributed by atoms with Crippen LogP contribution in [0.2, 0.25) is 0 Å². The number of amides is 1. The van der Waals surface area contributed by atoms with Crippen LogP contribution in [-0.4, -0.2) is 35.6 Å². The maximum atomic E-state index is 13.6. The Morgan fingerprint density at radius 2 is 2.11 bits per heavy atom. The molecule has 19 heavy (non-hydrogen) atoms. The van der Waals surface area contributed by atoms with Gasteiger partial charge in [-0.2, -0.15) is 0 Å². The Morgan fingerprint density at radius 3 is 2.68 bits per heavy atom. The number of likely N-dealkylation sites (tertiary alicyclic amines) is 1. The van der Waals surface area contributed by atoms with Gasteiger partial charge < -0.3 is 10.0 Å². The highest BCUT2D eigenvalue weighted by Gasteiger charge is 2.24. The molecule has 0 atom stereocenters. The fourth-order valence-electron chi connectivity index (χ4n) is 2.30.